The van der Waals surface area contributed by atoms with Gasteiger partial charge in [-0.25, -0.2) is 0 Å². The SMILES string of the molecule is O=C(CNc1ccc(Br)c(C(F)(F)F)c1)Nc1ccc(N2CCCC2=O)cc1. The molecule has 9 heteroatoms. The van der Waals surface area contributed by atoms with E-state index in [4.69, 9.17) is 0 Å². The van der Waals surface area contributed by atoms with Gasteiger partial charge in [-0.15, -0.1) is 0 Å². The van der Waals surface area contributed by atoms with Crippen molar-refractivity contribution in [1.29, 1.82) is 0 Å². The maximum absolute atomic E-state index is 12.9. The number of carbonyl (C=O) groups excluding carboxylic acids is 2. The summed E-state index contributed by atoms with van der Waals surface area (Å²) in [6.07, 6.45) is -3.12. The van der Waals surface area contributed by atoms with Crippen molar-refractivity contribution in [3.05, 3.63) is 52.5 Å². The minimum absolute atomic E-state index is 0.0634. The van der Waals surface area contributed by atoms with Gasteiger partial charge in [-0.3, -0.25) is 9.59 Å². The van der Waals surface area contributed by atoms with Gasteiger partial charge in [0.05, 0.1) is 12.1 Å². The molecule has 1 heterocycles. The van der Waals surface area contributed by atoms with Gasteiger partial charge in [-0.1, -0.05) is 15.9 Å². The molecule has 28 heavy (non-hydrogen) atoms. The fraction of sp³-hybridized carbons (Fsp3) is 0.263. The smallest absolute Gasteiger partial charge is 0.376 e. The van der Waals surface area contributed by atoms with E-state index >= 15 is 0 Å². The number of alkyl halides is 3. The Bertz CT molecular complexity index is 885. The van der Waals surface area contributed by atoms with Gasteiger partial charge in [0.2, 0.25) is 11.8 Å². The molecule has 0 radical (unpaired) electrons. The number of nitrogens with zero attached hydrogens (tertiary/aromatic N) is 1. The highest BCUT2D eigenvalue weighted by atomic mass is 79.9. The lowest BCUT2D eigenvalue weighted by Crippen LogP contribution is -2.24. The largest absolute Gasteiger partial charge is 0.417 e. The highest BCUT2D eigenvalue weighted by molar-refractivity contribution is 9.10. The summed E-state index contributed by atoms with van der Waals surface area (Å²) in [6.45, 7) is 0.493. The van der Waals surface area contributed by atoms with Crippen LogP contribution in [0.5, 0.6) is 0 Å². The summed E-state index contributed by atoms with van der Waals surface area (Å²) in [5, 5.41) is 5.34. The maximum Gasteiger partial charge on any atom is 0.417 e. The summed E-state index contributed by atoms with van der Waals surface area (Å²) in [5.41, 5.74) is 0.681. The first-order chi connectivity index (χ1) is 13.2. The zero-order valence-electron chi connectivity index (χ0n) is 14.6. The van der Waals surface area contributed by atoms with Crippen LogP contribution in [0.4, 0.5) is 30.2 Å². The standard InChI is InChI=1S/C19H17BrF3N3O2/c20-16-8-5-13(10-15(16)19(21,22)23)24-11-17(27)25-12-3-6-14(7-4-12)26-9-1-2-18(26)28/h3-8,10,24H,1-2,9,11H2,(H,25,27). The number of hydrogen-bond donors (Lipinski definition) is 2. The lowest BCUT2D eigenvalue weighted by atomic mass is 10.2. The fourth-order valence-electron chi connectivity index (χ4n) is 2.89. The van der Waals surface area contributed by atoms with E-state index in [0.29, 0.717) is 18.7 Å². The second-order valence-electron chi connectivity index (χ2n) is 6.29. The first kappa shape index (κ1) is 20.2. The first-order valence-electron chi connectivity index (χ1n) is 8.55. The monoisotopic (exact) mass is 455 g/mol. The number of rotatable bonds is 5. The van der Waals surface area contributed by atoms with Crippen LogP contribution in [0, 0.1) is 0 Å². The summed E-state index contributed by atoms with van der Waals surface area (Å²) < 4.78 is 38.7. The molecule has 1 aliphatic rings. The number of hydrogen-bond acceptors (Lipinski definition) is 3. The number of nitrogens with one attached hydrogen (secondary N) is 2. The Morgan fingerprint density at radius 1 is 1.11 bits per heavy atom. The lowest BCUT2D eigenvalue weighted by Gasteiger charge is -2.16. The van der Waals surface area contributed by atoms with Crippen molar-refractivity contribution in [3.8, 4) is 0 Å². The van der Waals surface area contributed by atoms with Crippen LogP contribution < -0.4 is 15.5 Å². The van der Waals surface area contributed by atoms with Gasteiger partial charge in [-0.05, 0) is 48.9 Å². The van der Waals surface area contributed by atoms with Crippen molar-refractivity contribution in [3.63, 3.8) is 0 Å². The van der Waals surface area contributed by atoms with Crippen LogP contribution in [0.3, 0.4) is 0 Å². The second-order valence-corrected chi connectivity index (χ2v) is 7.14. The van der Waals surface area contributed by atoms with E-state index < -0.39 is 17.6 Å². The maximum atomic E-state index is 12.9. The average molecular weight is 456 g/mol. The summed E-state index contributed by atoms with van der Waals surface area (Å²) in [6, 6.07) is 10.5. The predicted octanol–water partition coefficient (Wildman–Crippen LogP) is 4.65. The molecule has 1 fully saturated rings. The van der Waals surface area contributed by atoms with Crippen LogP contribution in [0.1, 0.15) is 18.4 Å². The normalized spacial score (nSPS) is 14.3. The minimum atomic E-state index is -4.49. The molecule has 0 aromatic heterocycles. The number of anilines is 3. The molecule has 0 unspecified atom stereocenters. The quantitative estimate of drug-likeness (QED) is 0.689. The molecule has 0 spiro atoms. The van der Waals surface area contributed by atoms with E-state index in [2.05, 4.69) is 26.6 Å². The highest BCUT2D eigenvalue weighted by Gasteiger charge is 2.33. The second kappa shape index (κ2) is 8.22. The van der Waals surface area contributed by atoms with E-state index in [1.54, 1.807) is 29.2 Å². The molecule has 2 N–H and O–H groups in total. The fourth-order valence-corrected chi connectivity index (χ4v) is 3.36. The number of benzene rings is 2. The molecule has 2 amide bonds. The molecule has 1 aliphatic heterocycles. The predicted molar refractivity (Wildman–Crippen MR) is 104 cm³/mol. The van der Waals surface area contributed by atoms with Crippen LogP contribution in [-0.4, -0.2) is 24.9 Å². The summed E-state index contributed by atoms with van der Waals surface area (Å²) in [5.74, 6) is -0.324. The number of halogens is 4. The van der Waals surface area contributed by atoms with Gasteiger partial charge in [0.15, 0.2) is 0 Å². The van der Waals surface area contributed by atoms with Crippen molar-refractivity contribution in [2.24, 2.45) is 0 Å². The molecule has 148 valence electrons. The third-order valence-electron chi connectivity index (χ3n) is 4.26. The van der Waals surface area contributed by atoms with Gasteiger partial charge >= 0.3 is 6.18 Å². The van der Waals surface area contributed by atoms with Crippen molar-refractivity contribution in [2.45, 2.75) is 19.0 Å². The zero-order chi connectivity index (χ0) is 20.3. The third-order valence-corrected chi connectivity index (χ3v) is 4.95. The summed E-state index contributed by atoms with van der Waals surface area (Å²) in [7, 11) is 0. The Balaban J connectivity index is 1.57. The molecule has 3 rings (SSSR count). The van der Waals surface area contributed by atoms with Gasteiger partial charge in [0.25, 0.3) is 0 Å². The summed E-state index contributed by atoms with van der Waals surface area (Å²) in [4.78, 5) is 25.5. The van der Waals surface area contributed by atoms with Gasteiger partial charge in [0, 0.05) is 34.5 Å². The Morgan fingerprint density at radius 3 is 2.39 bits per heavy atom. The topological polar surface area (TPSA) is 61.4 Å². The van der Waals surface area contributed by atoms with E-state index in [-0.39, 0.29) is 22.6 Å². The van der Waals surface area contributed by atoms with E-state index in [0.717, 1.165) is 18.2 Å². The number of amides is 2. The van der Waals surface area contributed by atoms with Gasteiger partial charge in [-0.2, -0.15) is 13.2 Å². The Morgan fingerprint density at radius 2 is 1.79 bits per heavy atom. The average Bonchev–Trinajstić information content (AvgIpc) is 3.07. The Kier molecular flexibility index (Phi) is 5.93. The van der Waals surface area contributed by atoms with Crippen LogP contribution in [-0.2, 0) is 15.8 Å². The minimum Gasteiger partial charge on any atom is -0.376 e. The molecule has 0 bridgehead atoms. The van der Waals surface area contributed by atoms with Crippen molar-refractivity contribution >= 4 is 44.8 Å². The molecule has 2 aromatic carbocycles. The van der Waals surface area contributed by atoms with Crippen LogP contribution in [0.2, 0.25) is 0 Å². The van der Waals surface area contributed by atoms with Crippen LogP contribution in [0.15, 0.2) is 46.9 Å². The molecule has 2 aromatic rings. The molecule has 1 saturated heterocycles. The van der Waals surface area contributed by atoms with Crippen molar-refractivity contribution in [2.75, 3.05) is 28.6 Å². The summed E-state index contributed by atoms with van der Waals surface area (Å²) >= 11 is 2.87. The third kappa shape index (κ3) is 4.83. The molecule has 0 aliphatic carbocycles. The van der Waals surface area contributed by atoms with Crippen LogP contribution >= 0.6 is 15.9 Å². The van der Waals surface area contributed by atoms with Crippen LogP contribution in [0.25, 0.3) is 0 Å². The molecular formula is C19H17BrF3N3O2. The van der Waals surface area contributed by atoms with Gasteiger partial charge < -0.3 is 15.5 Å². The van der Waals surface area contributed by atoms with Crippen molar-refractivity contribution < 1.29 is 22.8 Å². The highest BCUT2D eigenvalue weighted by Crippen LogP contribution is 2.36. The van der Waals surface area contributed by atoms with Crippen molar-refractivity contribution in [1.82, 2.24) is 0 Å². The molecule has 0 atom stereocenters. The van der Waals surface area contributed by atoms with E-state index in [1.807, 2.05) is 0 Å². The Labute approximate surface area is 168 Å². The Hall–Kier alpha value is -2.55. The lowest BCUT2D eigenvalue weighted by molar-refractivity contribution is -0.138. The number of carbonyl (C=O) groups is 2. The molecular weight excluding hydrogens is 439 g/mol. The van der Waals surface area contributed by atoms with E-state index in [9.17, 15) is 22.8 Å². The van der Waals surface area contributed by atoms with Gasteiger partial charge in [0.1, 0.15) is 0 Å². The van der Waals surface area contributed by atoms with E-state index in [1.165, 1.54) is 12.1 Å². The first-order valence-corrected chi connectivity index (χ1v) is 9.34. The molecule has 5 nitrogen and oxygen atoms in total. The zero-order valence-corrected chi connectivity index (χ0v) is 16.2. The molecule has 0 saturated carbocycles.